The first-order valence-electron chi connectivity index (χ1n) is 6.26. The van der Waals surface area contributed by atoms with Gasteiger partial charge in [-0.15, -0.1) is 0 Å². The number of rotatable bonds is 3. The summed E-state index contributed by atoms with van der Waals surface area (Å²) in [6, 6.07) is 10.2. The minimum atomic E-state index is -0.405. The monoisotopic (exact) mass is 346 g/mol. The normalized spacial score (nSPS) is 13.0. The van der Waals surface area contributed by atoms with Crippen LogP contribution in [0, 0.1) is 0 Å². The first-order chi connectivity index (χ1) is 10.1. The highest BCUT2D eigenvalue weighted by molar-refractivity contribution is 9.10. The van der Waals surface area contributed by atoms with Crippen molar-refractivity contribution in [3.8, 4) is 5.75 Å². The van der Waals surface area contributed by atoms with Crippen molar-refractivity contribution < 1.29 is 14.7 Å². The quantitative estimate of drug-likeness (QED) is 0.746. The van der Waals surface area contributed by atoms with Crippen molar-refractivity contribution in [2.24, 2.45) is 0 Å². The van der Waals surface area contributed by atoms with Crippen LogP contribution in [0.2, 0.25) is 0 Å². The van der Waals surface area contributed by atoms with Crippen LogP contribution in [0.4, 0.5) is 5.69 Å². The van der Waals surface area contributed by atoms with E-state index < -0.39 is 5.91 Å². The predicted octanol–water partition coefficient (Wildman–Crippen LogP) is 2.65. The van der Waals surface area contributed by atoms with Gasteiger partial charge >= 0.3 is 0 Å². The van der Waals surface area contributed by atoms with Gasteiger partial charge in [0.15, 0.2) is 0 Å². The highest BCUT2D eigenvalue weighted by Crippen LogP contribution is 2.27. The maximum atomic E-state index is 11.8. The molecule has 0 saturated carbocycles. The van der Waals surface area contributed by atoms with E-state index in [1.165, 1.54) is 0 Å². The van der Waals surface area contributed by atoms with Crippen LogP contribution in [0.1, 0.15) is 26.3 Å². The fraction of sp³-hybridized carbons (Fsp3) is 0.0667. The number of hydrogen-bond acceptors (Lipinski definition) is 4. The maximum Gasteiger partial charge on any atom is 0.261 e. The van der Waals surface area contributed by atoms with E-state index in [4.69, 9.17) is 0 Å². The number of imide groups is 1. The molecule has 0 saturated heterocycles. The fourth-order valence-corrected chi connectivity index (χ4v) is 2.59. The van der Waals surface area contributed by atoms with Crippen LogP contribution in [0.15, 0.2) is 40.9 Å². The molecule has 0 radical (unpaired) electrons. The van der Waals surface area contributed by atoms with Gasteiger partial charge in [-0.1, -0.05) is 28.1 Å². The lowest BCUT2D eigenvalue weighted by Crippen LogP contribution is -2.20. The average Bonchev–Trinajstić information content (AvgIpc) is 2.74. The lowest BCUT2D eigenvalue weighted by Gasteiger charge is -2.10. The molecule has 2 aromatic rings. The first-order valence-corrected chi connectivity index (χ1v) is 7.05. The third-order valence-corrected chi connectivity index (χ3v) is 3.77. The minimum Gasteiger partial charge on any atom is -0.508 e. The molecular weight excluding hydrogens is 336 g/mol. The Kier molecular flexibility index (Phi) is 3.39. The van der Waals surface area contributed by atoms with E-state index >= 15 is 0 Å². The molecule has 0 fully saturated rings. The third-order valence-electron chi connectivity index (χ3n) is 3.28. The van der Waals surface area contributed by atoms with Gasteiger partial charge < -0.3 is 10.4 Å². The van der Waals surface area contributed by atoms with E-state index in [0.717, 1.165) is 4.47 Å². The number of fused-ring (bicyclic) bond motifs is 1. The van der Waals surface area contributed by atoms with Gasteiger partial charge in [-0.05, 0) is 24.3 Å². The molecule has 0 bridgehead atoms. The summed E-state index contributed by atoms with van der Waals surface area (Å²) in [4.78, 5) is 23.4. The van der Waals surface area contributed by atoms with E-state index in [9.17, 15) is 14.7 Å². The second-order valence-corrected chi connectivity index (χ2v) is 5.55. The highest BCUT2D eigenvalue weighted by Gasteiger charge is 2.29. The van der Waals surface area contributed by atoms with Gasteiger partial charge in [-0.3, -0.25) is 14.9 Å². The zero-order valence-electron chi connectivity index (χ0n) is 10.8. The van der Waals surface area contributed by atoms with Crippen molar-refractivity contribution in [2.75, 3.05) is 5.32 Å². The minimum absolute atomic E-state index is 0.157. The van der Waals surface area contributed by atoms with Crippen molar-refractivity contribution in [1.82, 2.24) is 5.32 Å². The van der Waals surface area contributed by atoms with Gasteiger partial charge in [0.05, 0.1) is 11.1 Å². The number of nitrogens with one attached hydrogen (secondary N) is 2. The van der Waals surface area contributed by atoms with Crippen LogP contribution in [0.5, 0.6) is 5.75 Å². The number of phenolic OH excluding ortho intramolecular Hbond substituents is 1. The van der Waals surface area contributed by atoms with E-state index in [2.05, 4.69) is 26.6 Å². The summed E-state index contributed by atoms with van der Waals surface area (Å²) in [6.45, 7) is 0.344. The average molecular weight is 347 g/mol. The molecule has 0 spiro atoms. The molecule has 5 nitrogen and oxygen atoms in total. The topological polar surface area (TPSA) is 78.4 Å². The molecule has 21 heavy (non-hydrogen) atoms. The predicted molar refractivity (Wildman–Crippen MR) is 81.4 cm³/mol. The molecule has 2 aromatic carbocycles. The summed E-state index contributed by atoms with van der Waals surface area (Å²) in [6.07, 6.45) is 0. The Bertz CT molecular complexity index is 759. The number of phenols is 1. The highest BCUT2D eigenvalue weighted by atomic mass is 79.9. The number of carbonyl (C=O) groups excluding carboxylic acids is 2. The molecule has 3 rings (SSSR count). The van der Waals surface area contributed by atoms with Crippen molar-refractivity contribution >= 4 is 33.4 Å². The van der Waals surface area contributed by atoms with Crippen molar-refractivity contribution in [3.05, 3.63) is 57.6 Å². The summed E-state index contributed by atoms with van der Waals surface area (Å²) in [7, 11) is 0. The number of aromatic hydroxyl groups is 1. The van der Waals surface area contributed by atoms with Crippen molar-refractivity contribution in [1.29, 1.82) is 0 Å². The fourth-order valence-electron chi connectivity index (χ4n) is 2.24. The molecule has 1 heterocycles. The van der Waals surface area contributed by atoms with Gasteiger partial charge in [-0.25, -0.2) is 0 Å². The van der Waals surface area contributed by atoms with Crippen LogP contribution in [-0.4, -0.2) is 16.9 Å². The summed E-state index contributed by atoms with van der Waals surface area (Å²) in [5, 5.41) is 15.2. The Hall–Kier alpha value is -2.34. The van der Waals surface area contributed by atoms with Crippen LogP contribution in [0.25, 0.3) is 0 Å². The third kappa shape index (κ3) is 2.50. The Morgan fingerprint density at radius 3 is 2.71 bits per heavy atom. The van der Waals surface area contributed by atoms with Gasteiger partial charge in [0.1, 0.15) is 5.75 Å². The Labute approximate surface area is 129 Å². The molecule has 3 N–H and O–H groups in total. The Morgan fingerprint density at radius 2 is 1.95 bits per heavy atom. The number of carbonyl (C=O) groups is 2. The Balaban J connectivity index is 1.87. The zero-order valence-corrected chi connectivity index (χ0v) is 12.4. The van der Waals surface area contributed by atoms with Gasteiger partial charge in [0, 0.05) is 22.3 Å². The Morgan fingerprint density at radius 1 is 1.14 bits per heavy atom. The van der Waals surface area contributed by atoms with Gasteiger partial charge in [0.25, 0.3) is 11.8 Å². The number of halogens is 1. The molecule has 0 aliphatic carbocycles. The molecule has 1 aliphatic rings. The molecule has 2 amide bonds. The van der Waals surface area contributed by atoms with Crippen LogP contribution in [-0.2, 0) is 6.54 Å². The van der Waals surface area contributed by atoms with E-state index in [1.54, 1.807) is 30.3 Å². The number of amides is 2. The molecule has 0 atom stereocenters. The van der Waals surface area contributed by atoms with Crippen LogP contribution in [0.3, 0.4) is 0 Å². The maximum absolute atomic E-state index is 11.8. The smallest absolute Gasteiger partial charge is 0.261 e. The van der Waals surface area contributed by atoms with E-state index in [-0.39, 0.29) is 11.7 Å². The first kappa shape index (κ1) is 13.6. The summed E-state index contributed by atoms with van der Waals surface area (Å²) < 4.78 is 0.786. The zero-order chi connectivity index (χ0) is 15.0. The number of anilines is 1. The number of hydrogen-bond donors (Lipinski definition) is 3. The molecule has 6 heteroatoms. The SMILES string of the molecule is O=C1NC(=O)c2c(NCc3ccc(Br)cc3O)cccc21. The summed E-state index contributed by atoms with van der Waals surface area (Å²) in [5.41, 5.74) is 1.97. The summed E-state index contributed by atoms with van der Waals surface area (Å²) in [5.74, 6) is -0.631. The molecule has 0 unspecified atom stereocenters. The largest absolute Gasteiger partial charge is 0.508 e. The molecule has 106 valence electrons. The second kappa shape index (κ2) is 5.21. The van der Waals surface area contributed by atoms with E-state index in [1.807, 2.05) is 6.07 Å². The lowest BCUT2D eigenvalue weighted by molar-refractivity contribution is 0.0880. The van der Waals surface area contributed by atoms with Gasteiger partial charge in [-0.2, -0.15) is 0 Å². The molecule has 0 aromatic heterocycles. The molecular formula is C15H11BrN2O3. The van der Waals surface area contributed by atoms with Crippen LogP contribution >= 0.6 is 15.9 Å². The van der Waals surface area contributed by atoms with Crippen LogP contribution < -0.4 is 10.6 Å². The number of benzene rings is 2. The standard InChI is InChI=1S/C15H11BrN2O3/c16-9-5-4-8(12(19)6-9)7-17-11-3-1-2-10-13(11)15(21)18-14(10)20/h1-6,17,19H,7H2,(H,18,20,21). The lowest BCUT2D eigenvalue weighted by atomic mass is 10.1. The van der Waals surface area contributed by atoms with Gasteiger partial charge in [0.2, 0.25) is 0 Å². The molecule has 1 aliphatic heterocycles. The van der Waals surface area contributed by atoms with E-state index in [0.29, 0.717) is 28.9 Å². The van der Waals surface area contributed by atoms with Crippen molar-refractivity contribution in [3.63, 3.8) is 0 Å². The van der Waals surface area contributed by atoms with Crippen molar-refractivity contribution in [2.45, 2.75) is 6.54 Å². The second-order valence-electron chi connectivity index (χ2n) is 4.64. The summed E-state index contributed by atoms with van der Waals surface area (Å²) >= 11 is 3.28.